The van der Waals surface area contributed by atoms with Gasteiger partial charge in [-0.2, -0.15) is 0 Å². The van der Waals surface area contributed by atoms with Crippen LogP contribution < -0.4 is 0 Å². The molecular weight excluding hydrogens is 136 g/mol. The average Bonchev–Trinajstić information content (AvgIpc) is 2.27. The van der Waals surface area contributed by atoms with Crippen LogP contribution in [0.3, 0.4) is 0 Å². The lowest BCUT2D eigenvalue weighted by Crippen LogP contribution is -2.23. The van der Waals surface area contributed by atoms with Crippen molar-refractivity contribution in [3.8, 4) is 0 Å². The summed E-state index contributed by atoms with van der Waals surface area (Å²) < 4.78 is 0. The lowest BCUT2D eigenvalue weighted by molar-refractivity contribution is 0.556. The number of hydrogen-bond acceptors (Lipinski definition) is 2. The molecule has 0 N–H and O–H groups in total. The highest BCUT2D eigenvalue weighted by molar-refractivity contribution is 5.97. The number of aliphatic imine (C=N–C) groups is 1. The summed E-state index contributed by atoms with van der Waals surface area (Å²) in [6, 6.07) is 0.455. The van der Waals surface area contributed by atoms with E-state index in [-0.39, 0.29) is 0 Å². The molecule has 11 heavy (non-hydrogen) atoms. The highest BCUT2D eigenvalue weighted by Crippen LogP contribution is 2.16. The van der Waals surface area contributed by atoms with Gasteiger partial charge in [0.05, 0.1) is 6.04 Å². The molecular formula is C9H12N2. The molecule has 0 aliphatic carbocycles. The van der Waals surface area contributed by atoms with Crippen LogP contribution in [0.15, 0.2) is 28.9 Å². The minimum atomic E-state index is 0.455. The van der Waals surface area contributed by atoms with Crippen molar-refractivity contribution in [3.63, 3.8) is 0 Å². The first-order valence-electron chi connectivity index (χ1n) is 3.96. The molecule has 0 unspecified atom stereocenters. The van der Waals surface area contributed by atoms with Gasteiger partial charge in [-0.1, -0.05) is 0 Å². The third-order valence-electron chi connectivity index (χ3n) is 1.98. The Kier molecular flexibility index (Phi) is 1.34. The van der Waals surface area contributed by atoms with E-state index in [1.54, 1.807) is 0 Å². The summed E-state index contributed by atoms with van der Waals surface area (Å²) in [5.41, 5.74) is 1.29. The van der Waals surface area contributed by atoms with Crippen LogP contribution in [0.25, 0.3) is 0 Å². The van der Waals surface area contributed by atoms with Crippen molar-refractivity contribution >= 4 is 5.84 Å². The van der Waals surface area contributed by atoms with Gasteiger partial charge in [0.1, 0.15) is 5.84 Å². The molecule has 0 saturated heterocycles. The Hall–Kier alpha value is -1.05. The van der Waals surface area contributed by atoms with Crippen molar-refractivity contribution in [1.29, 1.82) is 0 Å². The molecule has 2 heterocycles. The third kappa shape index (κ3) is 1.09. The Bertz CT molecular complexity index is 261. The fourth-order valence-electron chi connectivity index (χ4n) is 1.44. The lowest BCUT2D eigenvalue weighted by atomic mass is 10.2. The largest absolute Gasteiger partial charge is 0.331 e. The van der Waals surface area contributed by atoms with Crippen LogP contribution in [0, 0.1) is 0 Å². The molecule has 0 amide bonds. The first kappa shape index (κ1) is 6.65. The van der Waals surface area contributed by atoms with Crippen molar-refractivity contribution < 1.29 is 0 Å². The van der Waals surface area contributed by atoms with Gasteiger partial charge < -0.3 is 4.90 Å². The van der Waals surface area contributed by atoms with Gasteiger partial charge in [0.15, 0.2) is 0 Å². The summed E-state index contributed by atoms with van der Waals surface area (Å²) in [5, 5.41) is 0. The van der Waals surface area contributed by atoms with Gasteiger partial charge >= 0.3 is 0 Å². The van der Waals surface area contributed by atoms with Crippen molar-refractivity contribution in [3.05, 3.63) is 23.9 Å². The minimum Gasteiger partial charge on any atom is -0.331 e. The Balaban J connectivity index is 2.31. The summed E-state index contributed by atoms with van der Waals surface area (Å²) >= 11 is 0. The lowest BCUT2D eigenvalue weighted by Gasteiger charge is -2.16. The zero-order chi connectivity index (χ0) is 7.84. The van der Waals surface area contributed by atoms with Crippen LogP contribution in [0.1, 0.15) is 13.8 Å². The number of nitrogens with zero attached hydrogens (tertiary/aromatic N) is 2. The second-order valence-electron chi connectivity index (χ2n) is 3.19. The Morgan fingerprint density at radius 3 is 3.27 bits per heavy atom. The predicted octanol–water partition coefficient (Wildman–Crippen LogP) is 1.56. The van der Waals surface area contributed by atoms with Gasteiger partial charge in [-0.25, -0.2) is 0 Å². The Morgan fingerprint density at radius 2 is 2.45 bits per heavy atom. The first-order chi connectivity index (χ1) is 5.25. The molecule has 0 radical (unpaired) electrons. The zero-order valence-corrected chi connectivity index (χ0v) is 6.91. The standard InChI is InChI=1S/C9H12N2/c1-7-3-4-11-6-8(2)10-9(11)5-7/h3-5,8H,6H2,1-2H3/t8-/m1/s1. The maximum absolute atomic E-state index is 4.48. The molecule has 0 aromatic carbocycles. The SMILES string of the molecule is CC1=CC2=N[C@H](C)CN2C=C1. The second-order valence-corrected chi connectivity index (χ2v) is 3.19. The summed E-state index contributed by atoms with van der Waals surface area (Å²) in [5.74, 6) is 1.12. The normalized spacial score (nSPS) is 28.2. The smallest absolute Gasteiger partial charge is 0.128 e. The predicted molar refractivity (Wildman–Crippen MR) is 46.5 cm³/mol. The second kappa shape index (κ2) is 2.22. The summed E-state index contributed by atoms with van der Waals surface area (Å²) in [7, 11) is 0. The van der Waals surface area contributed by atoms with E-state index in [1.807, 2.05) is 0 Å². The van der Waals surface area contributed by atoms with Gasteiger partial charge in [-0.15, -0.1) is 0 Å². The molecule has 2 aliphatic heterocycles. The molecule has 58 valence electrons. The molecule has 2 rings (SSSR count). The number of allylic oxidation sites excluding steroid dienone is 2. The average molecular weight is 148 g/mol. The molecule has 0 saturated carbocycles. The maximum Gasteiger partial charge on any atom is 0.128 e. The van der Waals surface area contributed by atoms with Crippen LogP contribution in [0.4, 0.5) is 0 Å². The van der Waals surface area contributed by atoms with E-state index in [4.69, 9.17) is 0 Å². The molecule has 2 heteroatoms. The van der Waals surface area contributed by atoms with Gasteiger partial charge in [0.25, 0.3) is 0 Å². The van der Waals surface area contributed by atoms with Crippen LogP contribution in [-0.2, 0) is 0 Å². The van der Waals surface area contributed by atoms with Crippen molar-refractivity contribution in [2.75, 3.05) is 6.54 Å². The fraction of sp³-hybridized carbons (Fsp3) is 0.444. The molecule has 0 aromatic heterocycles. The molecule has 2 aliphatic rings. The topological polar surface area (TPSA) is 15.6 Å². The highest BCUT2D eigenvalue weighted by Gasteiger charge is 2.19. The van der Waals surface area contributed by atoms with Crippen molar-refractivity contribution in [2.24, 2.45) is 4.99 Å². The molecule has 0 fully saturated rings. The molecule has 1 atom stereocenters. The van der Waals surface area contributed by atoms with Crippen LogP contribution in [0.5, 0.6) is 0 Å². The molecule has 0 spiro atoms. The van der Waals surface area contributed by atoms with Gasteiger partial charge in [0.2, 0.25) is 0 Å². The van der Waals surface area contributed by atoms with Gasteiger partial charge in [0, 0.05) is 12.7 Å². The minimum absolute atomic E-state index is 0.455. The van der Waals surface area contributed by atoms with E-state index >= 15 is 0 Å². The molecule has 0 aromatic rings. The molecule has 0 bridgehead atoms. The van der Waals surface area contributed by atoms with E-state index in [2.05, 4.69) is 42.1 Å². The highest BCUT2D eigenvalue weighted by atomic mass is 15.2. The van der Waals surface area contributed by atoms with Crippen molar-refractivity contribution in [2.45, 2.75) is 19.9 Å². The zero-order valence-electron chi connectivity index (χ0n) is 6.91. The van der Waals surface area contributed by atoms with Crippen LogP contribution >= 0.6 is 0 Å². The first-order valence-corrected chi connectivity index (χ1v) is 3.96. The molecule has 2 nitrogen and oxygen atoms in total. The summed E-state index contributed by atoms with van der Waals surface area (Å²) in [6.45, 7) is 5.28. The number of hydrogen-bond donors (Lipinski definition) is 0. The van der Waals surface area contributed by atoms with Gasteiger partial charge in [-0.05, 0) is 31.6 Å². The monoisotopic (exact) mass is 148 g/mol. The summed E-state index contributed by atoms with van der Waals surface area (Å²) in [4.78, 5) is 6.67. The Labute approximate surface area is 66.9 Å². The number of amidine groups is 1. The Morgan fingerprint density at radius 1 is 1.64 bits per heavy atom. The van der Waals surface area contributed by atoms with Gasteiger partial charge in [-0.3, -0.25) is 4.99 Å². The number of fused-ring (bicyclic) bond motifs is 1. The summed E-state index contributed by atoms with van der Waals surface area (Å²) in [6.07, 6.45) is 6.36. The van der Waals surface area contributed by atoms with E-state index in [0.717, 1.165) is 12.4 Å². The van der Waals surface area contributed by atoms with Crippen molar-refractivity contribution in [1.82, 2.24) is 4.90 Å². The van der Waals surface area contributed by atoms with E-state index < -0.39 is 0 Å². The van der Waals surface area contributed by atoms with E-state index in [0.29, 0.717) is 6.04 Å². The quantitative estimate of drug-likeness (QED) is 0.509. The number of rotatable bonds is 0. The maximum atomic E-state index is 4.48. The van der Waals surface area contributed by atoms with E-state index in [9.17, 15) is 0 Å². The van der Waals surface area contributed by atoms with Crippen LogP contribution in [-0.4, -0.2) is 23.3 Å². The third-order valence-corrected chi connectivity index (χ3v) is 1.98. The van der Waals surface area contributed by atoms with E-state index in [1.165, 1.54) is 5.57 Å². The van der Waals surface area contributed by atoms with Crippen LogP contribution in [0.2, 0.25) is 0 Å². The fourth-order valence-corrected chi connectivity index (χ4v) is 1.44.